The molecule has 0 bridgehead atoms. The summed E-state index contributed by atoms with van der Waals surface area (Å²) in [5, 5.41) is 1.95. The lowest BCUT2D eigenvalue weighted by atomic mass is 10.1. The maximum Gasteiger partial charge on any atom is 0.198 e. The number of rotatable bonds is 1. The number of hydrogen-bond donors (Lipinski definition) is 3. The zero-order valence-corrected chi connectivity index (χ0v) is 11.1. The minimum atomic E-state index is 0.0205. The molecule has 0 spiro atoms. The molecule has 2 aromatic carbocycles. The van der Waals surface area contributed by atoms with Crippen molar-refractivity contribution in [3.8, 4) is 0 Å². The van der Waals surface area contributed by atoms with E-state index in [1.54, 1.807) is 0 Å². The van der Waals surface area contributed by atoms with Crippen LogP contribution < -0.4 is 16.7 Å². The van der Waals surface area contributed by atoms with Crippen LogP contribution in [-0.2, 0) is 0 Å². The Balaban J connectivity index is 2.28. The van der Waals surface area contributed by atoms with E-state index in [0.29, 0.717) is 15.9 Å². The molecule has 5 nitrogen and oxygen atoms in total. The smallest absolute Gasteiger partial charge is 0.198 e. The van der Waals surface area contributed by atoms with Gasteiger partial charge in [0.1, 0.15) is 0 Å². The number of H-pyrrole nitrogens is 1. The fourth-order valence-corrected chi connectivity index (χ4v) is 3.37. The number of hydrogen-bond acceptors (Lipinski definition) is 5. The fraction of sp³-hybridized carbons (Fsp3) is 0. The first-order valence-electron chi connectivity index (χ1n) is 6.09. The Labute approximate surface area is 117 Å². The van der Waals surface area contributed by atoms with Crippen LogP contribution in [-0.4, -0.2) is 9.97 Å². The number of aromatic amines is 1. The van der Waals surface area contributed by atoms with Gasteiger partial charge < -0.3 is 4.98 Å². The van der Waals surface area contributed by atoms with Gasteiger partial charge in [-0.3, -0.25) is 10.2 Å². The van der Waals surface area contributed by atoms with Crippen LogP contribution in [0.15, 0.2) is 41.2 Å². The summed E-state index contributed by atoms with van der Waals surface area (Å²) in [6.45, 7) is 0. The number of pyridine rings is 1. The molecular formula is C14H10N4OS. The minimum Gasteiger partial charge on any atom is -0.354 e. The first-order valence-corrected chi connectivity index (χ1v) is 6.90. The normalized spacial score (nSPS) is 11.4. The minimum absolute atomic E-state index is 0.0205. The average molecular weight is 282 g/mol. The van der Waals surface area contributed by atoms with E-state index in [4.69, 9.17) is 5.84 Å². The number of benzene rings is 2. The van der Waals surface area contributed by atoms with Gasteiger partial charge in [0.2, 0.25) is 0 Å². The molecule has 4 aromatic rings. The van der Waals surface area contributed by atoms with Gasteiger partial charge in [-0.2, -0.15) is 0 Å². The van der Waals surface area contributed by atoms with Crippen LogP contribution in [0.1, 0.15) is 0 Å². The highest BCUT2D eigenvalue weighted by molar-refractivity contribution is 7.23. The number of aromatic nitrogens is 2. The highest BCUT2D eigenvalue weighted by atomic mass is 32.1. The molecule has 0 saturated carbocycles. The number of para-hydroxylation sites is 1. The molecule has 4 rings (SSSR count). The van der Waals surface area contributed by atoms with Gasteiger partial charge in [-0.1, -0.05) is 23.5 Å². The lowest BCUT2D eigenvalue weighted by molar-refractivity contribution is 1.31. The van der Waals surface area contributed by atoms with Crippen molar-refractivity contribution in [3.05, 3.63) is 46.6 Å². The molecular weight excluding hydrogens is 272 g/mol. The summed E-state index contributed by atoms with van der Waals surface area (Å²) in [7, 11) is 0. The quantitative estimate of drug-likeness (QED) is 0.284. The Hall–Kier alpha value is -2.44. The Morgan fingerprint density at radius 2 is 2.00 bits per heavy atom. The van der Waals surface area contributed by atoms with E-state index in [2.05, 4.69) is 15.4 Å². The topological polar surface area (TPSA) is 83.8 Å². The molecule has 0 aliphatic carbocycles. The summed E-state index contributed by atoms with van der Waals surface area (Å²) in [5.41, 5.74) is 4.98. The van der Waals surface area contributed by atoms with E-state index in [0.717, 1.165) is 21.3 Å². The van der Waals surface area contributed by atoms with Crippen LogP contribution in [0.2, 0.25) is 0 Å². The van der Waals surface area contributed by atoms with Gasteiger partial charge in [0.25, 0.3) is 0 Å². The molecule has 0 saturated heterocycles. The van der Waals surface area contributed by atoms with Crippen molar-refractivity contribution in [3.63, 3.8) is 0 Å². The van der Waals surface area contributed by atoms with Crippen molar-refractivity contribution in [2.75, 3.05) is 5.43 Å². The number of hydrazine groups is 1. The summed E-state index contributed by atoms with van der Waals surface area (Å²) in [4.78, 5) is 20.3. The summed E-state index contributed by atoms with van der Waals surface area (Å²) in [6.07, 6.45) is 0. The molecule has 0 fully saturated rings. The average Bonchev–Trinajstić information content (AvgIpc) is 2.90. The van der Waals surface area contributed by atoms with Gasteiger partial charge >= 0.3 is 0 Å². The van der Waals surface area contributed by atoms with Crippen molar-refractivity contribution in [2.24, 2.45) is 5.84 Å². The Kier molecular flexibility index (Phi) is 2.29. The van der Waals surface area contributed by atoms with Gasteiger partial charge in [0.05, 0.1) is 21.1 Å². The third kappa shape index (κ3) is 1.46. The Morgan fingerprint density at radius 1 is 1.15 bits per heavy atom. The SMILES string of the molecule is NNc1nc2ccc3[nH]c4ccccc4c(=O)c3c2s1. The van der Waals surface area contributed by atoms with E-state index in [1.807, 2.05) is 36.4 Å². The van der Waals surface area contributed by atoms with Crippen LogP contribution in [0.25, 0.3) is 32.0 Å². The molecule has 0 atom stereocenters. The molecule has 0 unspecified atom stereocenters. The van der Waals surface area contributed by atoms with Crippen molar-refractivity contribution in [1.29, 1.82) is 0 Å². The number of nitrogens with zero attached hydrogens (tertiary/aromatic N) is 1. The van der Waals surface area contributed by atoms with E-state index in [9.17, 15) is 4.79 Å². The van der Waals surface area contributed by atoms with E-state index >= 15 is 0 Å². The molecule has 2 aromatic heterocycles. The molecule has 4 N–H and O–H groups in total. The van der Waals surface area contributed by atoms with Crippen LogP contribution >= 0.6 is 11.3 Å². The maximum absolute atomic E-state index is 12.7. The van der Waals surface area contributed by atoms with Gasteiger partial charge in [-0.25, -0.2) is 10.8 Å². The van der Waals surface area contributed by atoms with E-state index in [-0.39, 0.29) is 5.43 Å². The van der Waals surface area contributed by atoms with Crippen molar-refractivity contribution < 1.29 is 0 Å². The molecule has 6 heteroatoms. The highest BCUT2D eigenvalue weighted by Crippen LogP contribution is 2.30. The van der Waals surface area contributed by atoms with Crippen LogP contribution in [0, 0.1) is 0 Å². The molecule has 2 heterocycles. The lowest BCUT2D eigenvalue weighted by Crippen LogP contribution is -2.05. The zero-order chi connectivity index (χ0) is 13.7. The van der Waals surface area contributed by atoms with E-state index < -0.39 is 0 Å². The fourth-order valence-electron chi connectivity index (χ4n) is 2.45. The van der Waals surface area contributed by atoms with Gasteiger partial charge in [-0.15, -0.1) is 0 Å². The van der Waals surface area contributed by atoms with Crippen molar-refractivity contribution >= 4 is 48.5 Å². The Morgan fingerprint density at radius 3 is 2.85 bits per heavy atom. The standard InChI is InChI=1S/C14H10N4OS/c15-18-14-17-10-6-5-9-11(13(10)20-14)12(19)7-3-1-2-4-8(7)16-9/h1-6H,15H2,(H,16,19)(H,17,18). The Bertz CT molecular complexity index is 1020. The summed E-state index contributed by atoms with van der Waals surface area (Å²) in [5.74, 6) is 5.40. The highest BCUT2D eigenvalue weighted by Gasteiger charge is 2.12. The molecule has 0 radical (unpaired) electrons. The number of anilines is 1. The zero-order valence-electron chi connectivity index (χ0n) is 10.3. The predicted molar refractivity (Wildman–Crippen MR) is 83.1 cm³/mol. The van der Waals surface area contributed by atoms with E-state index in [1.165, 1.54) is 11.3 Å². The van der Waals surface area contributed by atoms with Crippen molar-refractivity contribution in [1.82, 2.24) is 9.97 Å². The first-order chi connectivity index (χ1) is 9.78. The van der Waals surface area contributed by atoms with Crippen LogP contribution in [0.3, 0.4) is 0 Å². The first kappa shape index (κ1) is 11.4. The third-order valence-electron chi connectivity index (χ3n) is 3.35. The second-order valence-corrected chi connectivity index (χ2v) is 5.50. The number of nitrogens with two attached hydrogens (primary N) is 1. The summed E-state index contributed by atoms with van der Waals surface area (Å²) in [6, 6.07) is 11.3. The second-order valence-electron chi connectivity index (χ2n) is 4.50. The number of thiazole rings is 1. The molecule has 0 amide bonds. The molecule has 20 heavy (non-hydrogen) atoms. The van der Waals surface area contributed by atoms with Gasteiger partial charge in [-0.05, 0) is 24.3 Å². The summed E-state index contributed by atoms with van der Waals surface area (Å²) >= 11 is 1.38. The number of nitrogen functional groups attached to an aromatic ring is 1. The second kappa shape index (κ2) is 4.03. The van der Waals surface area contributed by atoms with Gasteiger partial charge in [0, 0.05) is 10.9 Å². The van der Waals surface area contributed by atoms with Crippen LogP contribution in [0.5, 0.6) is 0 Å². The third-order valence-corrected chi connectivity index (χ3v) is 4.37. The molecule has 98 valence electrons. The lowest BCUT2D eigenvalue weighted by Gasteiger charge is -2.02. The predicted octanol–water partition coefficient (Wildman–Crippen LogP) is 2.58. The monoisotopic (exact) mass is 282 g/mol. The largest absolute Gasteiger partial charge is 0.354 e. The van der Waals surface area contributed by atoms with Gasteiger partial charge in [0.15, 0.2) is 10.6 Å². The molecule has 0 aliphatic heterocycles. The summed E-state index contributed by atoms with van der Waals surface area (Å²) < 4.78 is 0.849. The van der Waals surface area contributed by atoms with Crippen molar-refractivity contribution in [2.45, 2.75) is 0 Å². The maximum atomic E-state index is 12.7. The number of nitrogens with one attached hydrogen (secondary N) is 2. The number of fused-ring (bicyclic) bond motifs is 4. The molecule has 0 aliphatic rings. The van der Waals surface area contributed by atoms with Crippen LogP contribution in [0.4, 0.5) is 5.13 Å².